The number of aromatic amines is 2. The molecule has 1 fully saturated rings. The first-order valence-corrected chi connectivity index (χ1v) is 13.4. The summed E-state index contributed by atoms with van der Waals surface area (Å²) in [6, 6.07) is 7.79. The van der Waals surface area contributed by atoms with Gasteiger partial charge in [-0.25, -0.2) is 4.98 Å². The predicted molar refractivity (Wildman–Crippen MR) is 151 cm³/mol. The third-order valence-electron chi connectivity index (χ3n) is 6.77. The average Bonchev–Trinajstić information content (AvgIpc) is 3.64. The number of aromatic nitrogens is 5. The number of benzene rings is 1. The van der Waals surface area contributed by atoms with Gasteiger partial charge in [0, 0.05) is 39.3 Å². The number of nitrogens with two attached hydrogens (primary N) is 1. The van der Waals surface area contributed by atoms with Crippen LogP contribution in [0.25, 0.3) is 22.6 Å². The molecule has 0 aliphatic carbocycles. The van der Waals surface area contributed by atoms with E-state index in [0.717, 1.165) is 6.20 Å². The highest BCUT2D eigenvalue weighted by molar-refractivity contribution is 6.33. The lowest BCUT2D eigenvalue weighted by atomic mass is 10.1. The standard InChI is InChI=1S/C27H27ClF3N9O3/c1-43-13-16-12-40(7-6-33-16)26(42)17-4-2-14(8-18(17)28)9-36-25(41)24-35-11-20(37-24)21-22(19-5-3-15(32)10-34-19)38-39-23(21)27(29,30)31/h2-5,8,10-11,16,33H,6-7,9,12-13,32H2,1H3,(H,35,37)(H,36,41)(H,38,39)/t16-/m1/s1. The van der Waals surface area contributed by atoms with E-state index in [1.54, 1.807) is 30.2 Å². The number of H-pyrrole nitrogens is 2. The Bertz CT molecular complexity index is 1620. The number of carbonyl (C=O) groups is 2. The summed E-state index contributed by atoms with van der Waals surface area (Å²) in [6.45, 7) is 2.13. The van der Waals surface area contributed by atoms with Gasteiger partial charge < -0.3 is 31.0 Å². The second kappa shape index (κ2) is 12.4. The van der Waals surface area contributed by atoms with E-state index >= 15 is 0 Å². The Morgan fingerprint density at radius 2 is 2.02 bits per heavy atom. The van der Waals surface area contributed by atoms with Crippen LogP contribution >= 0.6 is 11.6 Å². The Hall–Kier alpha value is -4.47. The van der Waals surface area contributed by atoms with Gasteiger partial charge in [-0.1, -0.05) is 17.7 Å². The number of imidazole rings is 1. The first-order valence-electron chi connectivity index (χ1n) is 13.1. The quantitative estimate of drug-likeness (QED) is 0.201. The number of carbonyl (C=O) groups excluding carboxylic acids is 2. The van der Waals surface area contributed by atoms with Crippen molar-refractivity contribution in [1.82, 2.24) is 40.7 Å². The van der Waals surface area contributed by atoms with Crippen LogP contribution in [0.3, 0.4) is 0 Å². The Balaban J connectivity index is 1.29. The highest BCUT2D eigenvalue weighted by Gasteiger charge is 2.39. The molecule has 12 nitrogen and oxygen atoms in total. The number of piperazine rings is 1. The topological polar surface area (TPSA) is 167 Å². The third-order valence-corrected chi connectivity index (χ3v) is 7.08. The van der Waals surface area contributed by atoms with E-state index in [1.165, 1.54) is 18.3 Å². The largest absolute Gasteiger partial charge is 0.435 e. The number of pyridine rings is 1. The van der Waals surface area contributed by atoms with E-state index in [9.17, 15) is 22.8 Å². The third kappa shape index (κ3) is 6.63. The molecule has 0 saturated carbocycles. The molecule has 0 bridgehead atoms. The minimum atomic E-state index is -4.80. The number of nitrogens with zero attached hydrogens (tertiary/aromatic N) is 4. The smallest absolute Gasteiger partial charge is 0.397 e. The van der Waals surface area contributed by atoms with Gasteiger partial charge >= 0.3 is 6.18 Å². The molecule has 43 heavy (non-hydrogen) atoms. The molecule has 4 aromatic rings. The van der Waals surface area contributed by atoms with Crippen molar-refractivity contribution in [2.45, 2.75) is 18.8 Å². The van der Waals surface area contributed by atoms with E-state index < -0.39 is 17.8 Å². The summed E-state index contributed by atoms with van der Waals surface area (Å²) in [5.74, 6) is -1.10. The average molecular weight is 618 g/mol. The number of nitrogen functional groups attached to an aromatic ring is 1. The van der Waals surface area contributed by atoms with Gasteiger partial charge in [-0.2, -0.15) is 18.3 Å². The minimum absolute atomic E-state index is 0.0206. The number of anilines is 1. The number of rotatable bonds is 8. The van der Waals surface area contributed by atoms with Crippen LogP contribution in [0.5, 0.6) is 0 Å². The van der Waals surface area contributed by atoms with Crippen LogP contribution < -0.4 is 16.4 Å². The maximum absolute atomic E-state index is 13.8. The molecule has 5 rings (SSSR count). The van der Waals surface area contributed by atoms with Crippen molar-refractivity contribution in [3.05, 3.63) is 70.4 Å². The fraction of sp³-hybridized carbons (Fsp3) is 0.296. The van der Waals surface area contributed by atoms with Crippen LogP contribution in [0.4, 0.5) is 18.9 Å². The van der Waals surface area contributed by atoms with Gasteiger partial charge in [-0.15, -0.1) is 0 Å². The molecular weight excluding hydrogens is 591 g/mol. The van der Waals surface area contributed by atoms with Gasteiger partial charge in [0.15, 0.2) is 11.5 Å². The monoisotopic (exact) mass is 617 g/mol. The molecule has 1 aliphatic rings. The molecule has 0 unspecified atom stereocenters. The van der Waals surface area contributed by atoms with Crippen molar-refractivity contribution >= 4 is 29.1 Å². The van der Waals surface area contributed by atoms with E-state index in [4.69, 9.17) is 22.1 Å². The molecular formula is C27H27ClF3N9O3. The Labute approximate surface area is 248 Å². The summed E-state index contributed by atoms with van der Waals surface area (Å²) < 4.78 is 46.5. The molecule has 4 heterocycles. The fourth-order valence-electron chi connectivity index (χ4n) is 4.71. The van der Waals surface area contributed by atoms with Crippen LogP contribution in [0.2, 0.25) is 5.02 Å². The molecule has 1 aromatic carbocycles. The van der Waals surface area contributed by atoms with Gasteiger partial charge in [0.05, 0.1) is 57.9 Å². The molecule has 0 radical (unpaired) electrons. The summed E-state index contributed by atoms with van der Waals surface area (Å²) in [5, 5.41) is 12.0. The Morgan fingerprint density at radius 3 is 2.72 bits per heavy atom. The number of methoxy groups -OCH3 is 1. The highest BCUT2D eigenvalue weighted by atomic mass is 35.5. The number of alkyl halides is 3. The lowest BCUT2D eigenvalue weighted by Gasteiger charge is -2.33. The van der Waals surface area contributed by atoms with Crippen molar-refractivity contribution in [1.29, 1.82) is 0 Å². The number of hydrogen-bond donors (Lipinski definition) is 5. The summed E-state index contributed by atoms with van der Waals surface area (Å²) in [7, 11) is 1.60. The molecule has 3 aromatic heterocycles. The number of amides is 2. The molecule has 1 saturated heterocycles. The lowest BCUT2D eigenvalue weighted by molar-refractivity contribution is -0.140. The van der Waals surface area contributed by atoms with Gasteiger partial charge in [-0.05, 0) is 29.8 Å². The van der Waals surface area contributed by atoms with Gasteiger partial charge in [0.25, 0.3) is 11.8 Å². The lowest BCUT2D eigenvalue weighted by Crippen LogP contribution is -2.54. The maximum Gasteiger partial charge on any atom is 0.435 e. The van der Waals surface area contributed by atoms with Crippen molar-refractivity contribution in [3.63, 3.8) is 0 Å². The first kappa shape index (κ1) is 30.0. The fourth-order valence-corrected chi connectivity index (χ4v) is 5.00. The number of nitrogens with one attached hydrogen (secondary N) is 4. The molecule has 2 amide bonds. The number of ether oxygens (including phenoxy) is 1. The van der Waals surface area contributed by atoms with Crippen LogP contribution in [0.1, 0.15) is 32.2 Å². The minimum Gasteiger partial charge on any atom is -0.397 e. The van der Waals surface area contributed by atoms with E-state index in [0.29, 0.717) is 43.1 Å². The normalized spacial score (nSPS) is 15.5. The molecule has 1 atom stereocenters. The summed E-state index contributed by atoms with van der Waals surface area (Å²) >= 11 is 6.43. The van der Waals surface area contributed by atoms with Crippen molar-refractivity contribution in [3.8, 4) is 22.6 Å². The van der Waals surface area contributed by atoms with Gasteiger partial charge in [0.1, 0.15) is 0 Å². The van der Waals surface area contributed by atoms with Crippen LogP contribution in [-0.2, 0) is 17.5 Å². The van der Waals surface area contributed by atoms with Gasteiger partial charge in [-0.3, -0.25) is 19.7 Å². The van der Waals surface area contributed by atoms with Crippen LogP contribution in [0, 0.1) is 0 Å². The zero-order valence-electron chi connectivity index (χ0n) is 22.8. The zero-order chi connectivity index (χ0) is 30.7. The number of hydrogen-bond acceptors (Lipinski definition) is 8. The zero-order valence-corrected chi connectivity index (χ0v) is 23.5. The van der Waals surface area contributed by atoms with Crippen LogP contribution in [-0.4, -0.2) is 81.3 Å². The van der Waals surface area contributed by atoms with E-state index in [2.05, 4.69) is 35.8 Å². The highest BCUT2D eigenvalue weighted by Crippen LogP contribution is 2.40. The molecule has 6 N–H and O–H groups in total. The van der Waals surface area contributed by atoms with E-state index in [-0.39, 0.29) is 52.0 Å². The second-order valence-corrected chi connectivity index (χ2v) is 10.2. The predicted octanol–water partition coefficient (Wildman–Crippen LogP) is 3.11. The summed E-state index contributed by atoms with van der Waals surface area (Å²) in [6.07, 6.45) is -2.38. The molecule has 0 spiro atoms. The second-order valence-electron chi connectivity index (χ2n) is 9.80. The van der Waals surface area contributed by atoms with Crippen molar-refractivity contribution in [2.24, 2.45) is 0 Å². The SMILES string of the molecule is COC[C@H]1CN(C(=O)c2ccc(CNC(=O)c3ncc(-c4c(C(F)(F)F)n[nH]c4-c4ccc(N)cn4)[nH]3)cc2Cl)CCN1. The molecule has 226 valence electrons. The summed E-state index contributed by atoms with van der Waals surface area (Å²) in [4.78, 5) is 38.3. The molecule has 1 aliphatic heterocycles. The maximum atomic E-state index is 13.8. The Kier molecular flexibility index (Phi) is 8.66. The van der Waals surface area contributed by atoms with Crippen molar-refractivity contribution in [2.75, 3.05) is 39.1 Å². The molecule has 16 heteroatoms. The first-order chi connectivity index (χ1) is 20.5. The van der Waals surface area contributed by atoms with Gasteiger partial charge in [0.2, 0.25) is 0 Å². The van der Waals surface area contributed by atoms with Crippen LogP contribution in [0.15, 0.2) is 42.7 Å². The Morgan fingerprint density at radius 1 is 1.21 bits per heavy atom. The summed E-state index contributed by atoms with van der Waals surface area (Å²) in [5.41, 5.74) is 5.42. The number of halogens is 4. The van der Waals surface area contributed by atoms with E-state index in [1.807, 2.05) is 0 Å². The van der Waals surface area contributed by atoms with Crippen molar-refractivity contribution < 1.29 is 27.5 Å².